The quantitative estimate of drug-likeness (QED) is 0.544. The van der Waals surface area contributed by atoms with Crippen LogP contribution in [0.2, 0.25) is 0 Å². The predicted octanol–water partition coefficient (Wildman–Crippen LogP) is 0.758. The summed E-state index contributed by atoms with van der Waals surface area (Å²) in [7, 11) is 0. The molecule has 13 heavy (non-hydrogen) atoms. The molecule has 1 N–H and O–H groups in total. The Morgan fingerprint density at radius 1 is 1.23 bits per heavy atom. The van der Waals surface area contributed by atoms with Gasteiger partial charge in [-0.05, 0) is 0 Å². The highest BCUT2D eigenvalue weighted by molar-refractivity contribution is 5.86. The van der Waals surface area contributed by atoms with E-state index in [4.69, 9.17) is 0 Å². The number of imide groups is 1. The first-order valence-corrected chi connectivity index (χ1v) is 2.81. The fourth-order valence-corrected chi connectivity index (χ4v) is 0.403. The fraction of sp³-hybridized carbons (Fsp3) is 0.600. The molecule has 0 spiro atoms. The average molecular weight is 204 g/mol. The van der Waals surface area contributed by atoms with Crippen LogP contribution < -0.4 is 5.32 Å². The fourth-order valence-electron chi connectivity index (χ4n) is 0.403. The van der Waals surface area contributed by atoms with Gasteiger partial charge in [0, 0.05) is 0 Å². The maximum atomic E-state index is 12.0. The number of halogens is 5. The van der Waals surface area contributed by atoms with E-state index in [-0.39, 0.29) is 0 Å². The van der Waals surface area contributed by atoms with Gasteiger partial charge in [-0.1, -0.05) is 0 Å². The molecule has 0 aliphatic heterocycles. The van der Waals surface area contributed by atoms with Crippen LogP contribution >= 0.6 is 0 Å². The minimum Gasteiger partial charge on any atom is -0.288 e. The number of amides is 2. The topological polar surface area (TPSA) is 46.2 Å². The summed E-state index contributed by atoms with van der Waals surface area (Å²) in [6.07, 6.45) is -7.23. The van der Waals surface area contributed by atoms with Crippen LogP contribution in [-0.4, -0.2) is 24.4 Å². The Hall–Kier alpha value is -1.21. The average Bonchev–Trinajstić information content (AvgIpc) is 1.83. The van der Waals surface area contributed by atoms with Crippen molar-refractivity contribution in [2.45, 2.75) is 18.5 Å². The first kappa shape index (κ1) is 11.8. The summed E-state index contributed by atoms with van der Waals surface area (Å²) in [5, 5.41) is 1.05. The van der Waals surface area contributed by atoms with Crippen molar-refractivity contribution in [3.05, 3.63) is 0 Å². The number of alkyl halides is 5. The Morgan fingerprint density at radius 3 is 2.00 bits per heavy atom. The van der Waals surface area contributed by atoms with Crippen LogP contribution in [0.25, 0.3) is 0 Å². The monoisotopic (exact) mass is 204 g/mol. The minimum absolute atomic E-state index is 0.691. The zero-order chi connectivity index (χ0) is 10.7. The van der Waals surface area contributed by atoms with Crippen LogP contribution in [0.1, 0.15) is 6.42 Å². The summed E-state index contributed by atoms with van der Waals surface area (Å²) >= 11 is 0. The van der Waals surface area contributed by atoms with Gasteiger partial charge in [-0.25, -0.2) is 0 Å². The van der Waals surface area contributed by atoms with Crippen molar-refractivity contribution < 1.29 is 31.5 Å². The predicted molar refractivity (Wildman–Crippen MR) is 29.5 cm³/mol. The third kappa shape index (κ3) is 3.34. The molecule has 2 amide bonds. The smallest absolute Gasteiger partial charge is 0.288 e. The van der Waals surface area contributed by atoms with Crippen molar-refractivity contribution in [2.75, 3.05) is 0 Å². The SMILES string of the molecule is O=[C]NC(=O)CC(F)(F)C(F)(F)F. The van der Waals surface area contributed by atoms with Gasteiger partial charge in [0.25, 0.3) is 0 Å². The molecule has 3 nitrogen and oxygen atoms in total. The maximum Gasteiger partial charge on any atom is 0.453 e. The van der Waals surface area contributed by atoms with E-state index in [1.165, 1.54) is 0 Å². The summed E-state index contributed by atoms with van der Waals surface area (Å²) in [4.78, 5) is 19.5. The Kier molecular flexibility index (Phi) is 3.33. The standard InChI is InChI=1S/C5H3F5NO2/c6-4(7,5(8,9)10)1-3(13)11-2-12/h1H2,(H,11,12,13). The largest absolute Gasteiger partial charge is 0.453 e. The van der Waals surface area contributed by atoms with E-state index < -0.39 is 24.4 Å². The van der Waals surface area contributed by atoms with Gasteiger partial charge in [0.1, 0.15) is 6.42 Å². The summed E-state index contributed by atoms with van der Waals surface area (Å²) in [6.45, 7) is 0. The molecule has 0 aromatic rings. The van der Waals surface area contributed by atoms with Crippen molar-refractivity contribution in [2.24, 2.45) is 0 Å². The number of nitrogens with one attached hydrogen (secondary N) is 1. The van der Waals surface area contributed by atoms with Crippen molar-refractivity contribution in [1.82, 2.24) is 5.32 Å². The molecule has 0 aliphatic rings. The van der Waals surface area contributed by atoms with Crippen LogP contribution in [0, 0.1) is 0 Å². The van der Waals surface area contributed by atoms with E-state index in [1.807, 2.05) is 0 Å². The second kappa shape index (κ2) is 3.67. The molecule has 0 aromatic heterocycles. The molecule has 75 valence electrons. The molecule has 0 unspecified atom stereocenters. The van der Waals surface area contributed by atoms with Crippen LogP contribution in [0.3, 0.4) is 0 Å². The lowest BCUT2D eigenvalue weighted by Gasteiger charge is -2.17. The Bertz CT molecular complexity index is 211. The van der Waals surface area contributed by atoms with Gasteiger partial charge in [-0.2, -0.15) is 22.0 Å². The number of rotatable bonds is 3. The molecule has 0 bridgehead atoms. The second-order valence-corrected chi connectivity index (χ2v) is 2.03. The van der Waals surface area contributed by atoms with E-state index in [0.717, 1.165) is 5.32 Å². The molecule has 0 fully saturated rings. The van der Waals surface area contributed by atoms with Crippen LogP contribution in [-0.2, 0) is 9.59 Å². The Labute approximate surface area is 68.9 Å². The van der Waals surface area contributed by atoms with Gasteiger partial charge in [-0.3, -0.25) is 14.9 Å². The summed E-state index contributed by atoms with van der Waals surface area (Å²) < 4.78 is 58.2. The maximum absolute atomic E-state index is 12.0. The first-order valence-electron chi connectivity index (χ1n) is 2.81. The lowest BCUT2D eigenvalue weighted by molar-refractivity contribution is -0.281. The Morgan fingerprint density at radius 2 is 1.69 bits per heavy atom. The third-order valence-corrected chi connectivity index (χ3v) is 0.988. The minimum atomic E-state index is -5.80. The molecule has 0 atom stereocenters. The molecular formula is C5H3F5NO2. The van der Waals surface area contributed by atoms with Crippen molar-refractivity contribution in [3.8, 4) is 0 Å². The zero-order valence-corrected chi connectivity index (χ0v) is 5.91. The van der Waals surface area contributed by atoms with Crippen molar-refractivity contribution >= 4 is 12.3 Å². The van der Waals surface area contributed by atoms with E-state index in [9.17, 15) is 31.5 Å². The molecule has 0 aromatic carbocycles. The third-order valence-electron chi connectivity index (χ3n) is 0.988. The van der Waals surface area contributed by atoms with Gasteiger partial charge in [0.05, 0.1) is 0 Å². The number of hydrogen-bond acceptors (Lipinski definition) is 2. The lowest BCUT2D eigenvalue weighted by Crippen LogP contribution is -2.41. The van der Waals surface area contributed by atoms with Crippen LogP contribution in [0.5, 0.6) is 0 Å². The van der Waals surface area contributed by atoms with Crippen molar-refractivity contribution in [3.63, 3.8) is 0 Å². The highest BCUT2D eigenvalue weighted by Gasteiger charge is 2.58. The molecule has 0 heterocycles. The molecule has 0 aliphatic carbocycles. The normalized spacial score (nSPS) is 12.4. The van der Waals surface area contributed by atoms with Crippen LogP contribution in [0.4, 0.5) is 22.0 Å². The van der Waals surface area contributed by atoms with E-state index in [1.54, 1.807) is 0 Å². The highest BCUT2D eigenvalue weighted by atomic mass is 19.4. The van der Waals surface area contributed by atoms with Crippen molar-refractivity contribution in [1.29, 1.82) is 0 Å². The van der Waals surface area contributed by atoms with Crippen LogP contribution in [0.15, 0.2) is 0 Å². The first-order chi connectivity index (χ1) is 5.70. The zero-order valence-electron chi connectivity index (χ0n) is 5.91. The van der Waals surface area contributed by atoms with E-state index in [2.05, 4.69) is 0 Å². The molecule has 0 rings (SSSR count). The molecule has 0 saturated carbocycles. The van der Waals surface area contributed by atoms with Gasteiger partial charge in [0.2, 0.25) is 5.91 Å². The number of carbonyl (C=O) groups excluding carboxylic acids is 2. The molecule has 8 heteroatoms. The number of carbonyl (C=O) groups is 1. The highest BCUT2D eigenvalue weighted by Crippen LogP contribution is 2.37. The Balaban J connectivity index is 4.33. The van der Waals surface area contributed by atoms with E-state index >= 15 is 0 Å². The molecular weight excluding hydrogens is 201 g/mol. The van der Waals surface area contributed by atoms with Gasteiger partial charge >= 0.3 is 18.5 Å². The van der Waals surface area contributed by atoms with Gasteiger partial charge < -0.3 is 0 Å². The van der Waals surface area contributed by atoms with E-state index in [0.29, 0.717) is 6.41 Å². The lowest BCUT2D eigenvalue weighted by atomic mass is 10.2. The molecule has 1 radical (unpaired) electrons. The number of hydrogen-bond donors (Lipinski definition) is 1. The summed E-state index contributed by atoms with van der Waals surface area (Å²) in [5.41, 5.74) is 0. The summed E-state index contributed by atoms with van der Waals surface area (Å²) in [6, 6.07) is 0. The molecule has 0 saturated heterocycles. The van der Waals surface area contributed by atoms with Gasteiger partial charge in [0.15, 0.2) is 0 Å². The second-order valence-electron chi connectivity index (χ2n) is 2.03. The van der Waals surface area contributed by atoms with Gasteiger partial charge in [-0.15, -0.1) is 0 Å². The summed E-state index contributed by atoms with van der Waals surface area (Å²) in [5.74, 6) is -6.87.